The maximum Gasteiger partial charge on any atom is 0.126 e. The van der Waals surface area contributed by atoms with Crippen LogP contribution in [0.2, 0.25) is 0 Å². The van der Waals surface area contributed by atoms with Crippen LogP contribution in [-0.4, -0.2) is 26.5 Å². The van der Waals surface area contributed by atoms with E-state index in [0.717, 1.165) is 27.9 Å². The van der Waals surface area contributed by atoms with E-state index < -0.39 is 0 Å². The van der Waals surface area contributed by atoms with E-state index in [1.165, 1.54) is 24.3 Å². The van der Waals surface area contributed by atoms with Crippen LogP contribution in [0.15, 0.2) is 73.1 Å². The largest absolute Gasteiger partial charge is 0.394 e. The number of rotatable bonds is 7. The summed E-state index contributed by atoms with van der Waals surface area (Å²) in [5.74, 6) is 0.0774. The molecular weight excluding hydrogens is 386 g/mol. The molecule has 0 unspecified atom stereocenters. The lowest BCUT2D eigenvalue weighted by molar-refractivity contribution is 0.270. The van der Waals surface area contributed by atoms with Crippen LogP contribution in [0, 0.1) is 11.6 Å². The van der Waals surface area contributed by atoms with Crippen LogP contribution in [-0.2, 0) is 13.1 Å². The van der Waals surface area contributed by atoms with Crippen molar-refractivity contribution in [1.82, 2.24) is 14.8 Å². The molecule has 0 saturated heterocycles. The molecule has 2 aromatic heterocycles. The average Bonchev–Trinajstić information content (AvgIpc) is 3.18. The molecule has 0 aliphatic rings. The van der Waals surface area contributed by atoms with E-state index >= 15 is 0 Å². The minimum absolute atomic E-state index is 0.0594. The predicted octanol–water partition coefficient (Wildman–Crippen LogP) is 4.49. The lowest BCUT2D eigenvalue weighted by atomic mass is 10.0. The number of aromatic nitrogens is 3. The van der Waals surface area contributed by atoms with E-state index in [4.69, 9.17) is 0 Å². The summed E-state index contributed by atoms with van der Waals surface area (Å²) in [6.07, 6.45) is 3.42. The zero-order chi connectivity index (χ0) is 20.9. The number of hydrogen-bond acceptors (Lipinski definition) is 4. The third kappa shape index (κ3) is 4.36. The van der Waals surface area contributed by atoms with Crippen LogP contribution >= 0.6 is 0 Å². The quantitative estimate of drug-likeness (QED) is 0.475. The molecule has 2 N–H and O–H groups in total. The second-order valence-electron chi connectivity index (χ2n) is 6.77. The number of benzene rings is 2. The van der Waals surface area contributed by atoms with Crippen molar-refractivity contribution in [1.29, 1.82) is 0 Å². The number of aliphatic hydroxyl groups is 1. The third-order valence-electron chi connectivity index (χ3n) is 4.73. The van der Waals surface area contributed by atoms with Gasteiger partial charge in [-0.3, -0.25) is 4.68 Å². The molecule has 152 valence electrons. The van der Waals surface area contributed by atoms with Gasteiger partial charge < -0.3 is 10.4 Å². The zero-order valence-corrected chi connectivity index (χ0v) is 16.1. The highest BCUT2D eigenvalue weighted by Crippen LogP contribution is 2.33. The van der Waals surface area contributed by atoms with Crippen LogP contribution in [0.3, 0.4) is 0 Å². The summed E-state index contributed by atoms with van der Waals surface area (Å²) in [5.41, 5.74) is 4.26. The van der Waals surface area contributed by atoms with Crippen LogP contribution < -0.4 is 5.32 Å². The summed E-state index contributed by atoms with van der Waals surface area (Å²) >= 11 is 0. The lowest BCUT2D eigenvalue weighted by Crippen LogP contribution is -2.06. The van der Waals surface area contributed by atoms with Crippen LogP contribution in [0.4, 0.5) is 14.6 Å². The molecule has 0 spiro atoms. The Balaban J connectivity index is 1.64. The average molecular weight is 406 g/mol. The molecule has 2 aromatic carbocycles. The number of halogens is 2. The Morgan fingerprint density at radius 3 is 2.30 bits per heavy atom. The van der Waals surface area contributed by atoms with Crippen molar-refractivity contribution in [3.8, 4) is 22.4 Å². The van der Waals surface area contributed by atoms with E-state index in [2.05, 4.69) is 15.4 Å². The van der Waals surface area contributed by atoms with Crippen molar-refractivity contribution in [2.75, 3.05) is 11.9 Å². The normalized spacial score (nSPS) is 10.9. The smallest absolute Gasteiger partial charge is 0.126 e. The summed E-state index contributed by atoms with van der Waals surface area (Å²) < 4.78 is 28.2. The Hall–Kier alpha value is -3.58. The Bertz CT molecular complexity index is 1120. The van der Waals surface area contributed by atoms with Gasteiger partial charge in [-0.2, -0.15) is 5.10 Å². The van der Waals surface area contributed by atoms with Gasteiger partial charge in [-0.05, 0) is 59.7 Å². The molecule has 0 amide bonds. The number of hydrogen-bond donors (Lipinski definition) is 2. The highest BCUT2D eigenvalue weighted by Gasteiger charge is 2.15. The van der Waals surface area contributed by atoms with E-state index in [1.807, 2.05) is 12.1 Å². The molecule has 0 radical (unpaired) electrons. The second kappa shape index (κ2) is 8.84. The maximum atomic E-state index is 13.4. The number of nitrogens with one attached hydrogen (secondary N) is 1. The number of aliphatic hydroxyl groups excluding tert-OH is 1. The van der Waals surface area contributed by atoms with Crippen LogP contribution in [0.5, 0.6) is 0 Å². The van der Waals surface area contributed by atoms with Gasteiger partial charge in [0.25, 0.3) is 0 Å². The van der Waals surface area contributed by atoms with Crippen molar-refractivity contribution in [2.45, 2.75) is 13.1 Å². The van der Waals surface area contributed by atoms with E-state index in [1.54, 1.807) is 41.3 Å². The Morgan fingerprint density at radius 1 is 0.900 bits per heavy atom. The summed E-state index contributed by atoms with van der Waals surface area (Å²) in [4.78, 5) is 4.35. The van der Waals surface area contributed by atoms with Crippen LogP contribution in [0.25, 0.3) is 22.4 Å². The summed E-state index contributed by atoms with van der Waals surface area (Å²) in [7, 11) is 0. The van der Waals surface area contributed by atoms with Crippen molar-refractivity contribution in [3.05, 3.63) is 90.3 Å². The first-order valence-corrected chi connectivity index (χ1v) is 9.51. The Morgan fingerprint density at radius 2 is 1.60 bits per heavy atom. The van der Waals surface area contributed by atoms with Gasteiger partial charge in [0.15, 0.2) is 0 Å². The van der Waals surface area contributed by atoms with Gasteiger partial charge in [0.05, 0.1) is 25.0 Å². The standard InChI is InChI=1S/C23H20F2N4O/c24-19-5-1-16(2-6-19)14-27-22-13-18(9-10-26-22)21-15-28-29(11-12-30)23(21)17-3-7-20(25)8-4-17/h1-10,13,15,30H,11-12,14H2,(H,26,27). The van der Waals surface area contributed by atoms with E-state index in [-0.39, 0.29) is 18.2 Å². The van der Waals surface area contributed by atoms with Crippen molar-refractivity contribution >= 4 is 5.82 Å². The number of pyridine rings is 1. The molecule has 5 nitrogen and oxygen atoms in total. The summed E-state index contributed by atoms with van der Waals surface area (Å²) in [5, 5.41) is 17.0. The SMILES string of the molecule is OCCn1ncc(-c2ccnc(NCc3ccc(F)cc3)c2)c1-c1ccc(F)cc1. The molecule has 0 fully saturated rings. The van der Waals surface area contributed by atoms with Gasteiger partial charge in [0.1, 0.15) is 17.5 Å². The Kier molecular flexibility index (Phi) is 5.81. The topological polar surface area (TPSA) is 63.0 Å². The monoisotopic (exact) mass is 406 g/mol. The van der Waals surface area contributed by atoms with Crippen molar-refractivity contribution in [3.63, 3.8) is 0 Å². The van der Waals surface area contributed by atoms with Crippen molar-refractivity contribution in [2.24, 2.45) is 0 Å². The maximum absolute atomic E-state index is 13.4. The highest BCUT2D eigenvalue weighted by atomic mass is 19.1. The molecule has 0 bridgehead atoms. The number of anilines is 1. The minimum Gasteiger partial charge on any atom is -0.394 e. The first-order valence-electron chi connectivity index (χ1n) is 9.51. The van der Waals surface area contributed by atoms with Gasteiger partial charge in [0.2, 0.25) is 0 Å². The number of nitrogens with zero attached hydrogens (tertiary/aromatic N) is 3. The molecule has 0 saturated carbocycles. The first-order chi connectivity index (χ1) is 14.6. The van der Waals surface area contributed by atoms with Gasteiger partial charge >= 0.3 is 0 Å². The van der Waals surface area contributed by atoms with Gasteiger partial charge in [0, 0.05) is 23.9 Å². The zero-order valence-electron chi connectivity index (χ0n) is 16.1. The van der Waals surface area contributed by atoms with E-state index in [0.29, 0.717) is 18.9 Å². The molecule has 4 rings (SSSR count). The Labute approximate surface area is 172 Å². The van der Waals surface area contributed by atoms with Gasteiger partial charge in [-0.25, -0.2) is 13.8 Å². The molecule has 0 aliphatic carbocycles. The summed E-state index contributed by atoms with van der Waals surface area (Å²) in [6.45, 7) is 0.773. The lowest BCUT2D eigenvalue weighted by Gasteiger charge is -2.11. The molecule has 2 heterocycles. The fourth-order valence-electron chi connectivity index (χ4n) is 3.26. The van der Waals surface area contributed by atoms with Crippen LogP contribution in [0.1, 0.15) is 5.56 Å². The third-order valence-corrected chi connectivity index (χ3v) is 4.73. The fraction of sp³-hybridized carbons (Fsp3) is 0.130. The molecule has 30 heavy (non-hydrogen) atoms. The predicted molar refractivity (Wildman–Crippen MR) is 112 cm³/mol. The molecule has 0 atom stereocenters. The molecular formula is C23H20F2N4O. The highest BCUT2D eigenvalue weighted by molar-refractivity contribution is 5.81. The second-order valence-corrected chi connectivity index (χ2v) is 6.77. The molecule has 0 aliphatic heterocycles. The molecule has 4 aromatic rings. The van der Waals surface area contributed by atoms with Crippen molar-refractivity contribution < 1.29 is 13.9 Å². The first kappa shape index (κ1) is 19.7. The van der Waals surface area contributed by atoms with Gasteiger partial charge in [-0.1, -0.05) is 12.1 Å². The minimum atomic E-state index is -0.315. The summed E-state index contributed by atoms with van der Waals surface area (Å²) in [6, 6.07) is 16.2. The fourth-order valence-corrected chi connectivity index (χ4v) is 3.26. The molecule has 7 heteroatoms. The van der Waals surface area contributed by atoms with E-state index in [9.17, 15) is 13.9 Å². The van der Waals surface area contributed by atoms with Gasteiger partial charge in [-0.15, -0.1) is 0 Å².